The molecule has 0 unspecified atom stereocenters. The highest BCUT2D eigenvalue weighted by atomic mass is 16.4. The smallest absolute Gasteiger partial charge is 0.303 e. The molecule has 5 atom stereocenters. The van der Waals surface area contributed by atoms with E-state index < -0.39 is 24.3 Å². The highest BCUT2D eigenvalue weighted by molar-refractivity contribution is 5.66. The predicted octanol–water partition coefficient (Wildman–Crippen LogP) is 3.10. The van der Waals surface area contributed by atoms with Gasteiger partial charge in [0.25, 0.3) is 0 Å². The number of carboxylic acids is 1. The van der Waals surface area contributed by atoms with Crippen molar-refractivity contribution in [2.24, 2.45) is 11.8 Å². The van der Waals surface area contributed by atoms with Crippen LogP contribution in [0.25, 0.3) is 0 Å². The molecule has 0 aromatic heterocycles. The van der Waals surface area contributed by atoms with Crippen LogP contribution in [-0.4, -0.2) is 44.7 Å². The average Bonchev–Trinajstić information content (AvgIpc) is 2.85. The zero-order chi connectivity index (χ0) is 19.4. The quantitative estimate of drug-likeness (QED) is 0.313. The summed E-state index contributed by atoms with van der Waals surface area (Å²) >= 11 is 0. The second kappa shape index (κ2) is 13.1. The molecule has 0 radical (unpaired) electrons. The first-order chi connectivity index (χ1) is 12.5. The van der Waals surface area contributed by atoms with Gasteiger partial charge in [-0.1, -0.05) is 57.3 Å². The Morgan fingerprint density at radius 2 is 1.73 bits per heavy atom. The molecule has 1 rings (SSSR count). The third-order valence-electron chi connectivity index (χ3n) is 5.28. The summed E-state index contributed by atoms with van der Waals surface area (Å²) in [6.07, 6.45) is 7.94. The van der Waals surface area contributed by atoms with Gasteiger partial charge in [-0.3, -0.25) is 4.79 Å². The zero-order valence-corrected chi connectivity index (χ0v) is 16.1. The summed E-state index contributed by atoms with van der Waals surface area (Å²) in [6, 6.07) is 0. The number of aliphatic carboxylic acids is 1. The van der Waals surface area contributed by atoms with Crippen molar-refractivity contribution in [2.45, 2.75) is 102 Å². The highest BCUT2D eigenvalue weighted by Crippen LogP contribution is 2.36. The van der Waals surface area contributed by atoms with Crippen molar-refractivity contribution in [3.63, 3.8) is 0 Å². The fourth-order valence-electron chi connectivity index (χ4n) is 3.71. The summed E-state index contributed by atoms with van der Waals surface area (Å²) in [6.45, 7) is 2.12. The third kappa shape index (κ3) is 9.02. The van der Waals surface area contributed by atoms with Gasteiger partial charge in [0.2, 0.25) is 0 Å². The number of carbonyl (C=O) groups is 1. The van der Waals surface area contributed by atoms with E-state index in [4.69, 9.17) is 5.11 Å². The second-order valence-electron chi connectivity index (χ2n) is 7.56. The summed E-state index contributed by atoms with van der Waals surface area (Å²) in [5.41, 5.74) is 0. The van der Waals surface area contributed by atoms with E-state index in [-0.39, 0.29) is 18.3 Å². The normalized spacial score (nSPS) is 26.3. The van der Waals surface area contributed by atoms with E-state index in [2.05, 4.69) is 18.8 Å². The molecule has 0 aromatic carbocycles. The minimum atomic E-state index is -0.744. The van der Waals surface area contributed by atoms with Crippen molar-refractivity contribution < 1.29 is 25.2 Å². The maximum absolute atomic E-state index is 10.5. The Bertz CT molecular complexity index is 453. The number of aliphatic hydroxyl groups is 3. The standard InChI is InChI=1S/C21H36O5/c1-2-3-7-10-16(22)13-14-18-17(19(23)15-20(18)24)11-8-5-4-6-9-12-21(25)26/h16-20,22-24H,2-12,15H2,1H3,(H,25,26)/t16-,17+,18+,19-,20+/m0/s1. The van der Waals surface area contributed by atoms with Gasteiger partial charge in [0.05, 0.1) is 18.1 Å². The number of rotatable bonds is 12. The monoisotopic (exact) mass is 368 g/mol. The van der Waals surface area contributed by atoms with Gasteiger partial charge in [-0.05, 0) is 25.7 Å². The summed E-state index contributed by atoms with van der Waals surface area (Å²) in [5, 5.41) is 39.0. The lowest BCUT2D eigenvalue weighted by atomic mass is 9.88. The molecule has 0 spiro atoms. The van der Waals surface area contributed by atoms with Crippen molar-refractivity contribution in [3.05, 3.63) is 0 Å². The molecule has 0 aliphatic heterocycles. The first-order valence-electron chi connectivity index (χ1n) is 10.2. The molecular weight excluding hydrogens is 332 g/mol. The van der Waals surface area contributed by atoms with Crippen LogP contribution in [0.5, 0.6) is 0 Å². The number of hydrogen-bond acceptors (Lipinski definition) is 4. The molecular formula is C21H36O5. The predicted molar refractivity (Wildman–Crippen MR) is 101 cm³/mol. The summed E-state index contributed by atoms with van der Waals surface area (Å²) in [4.78, 5) is 10.5. The maximum Gasteiger partial charge on any atom is 0.303 e. The first-order valence-corrected chi connectivity index (χ1v) is 10.2. The van der Waals surface area contributed by atoms with Crippen molar-refractivity contribution in [3.8, 4) is 11.8 Å². The third-order valence-corrected chi connectivity index (χ3v) is 5.28. The Morgan fingerprint density at radius 3 is 2.42 bits per heavy atom. The fraction of sp³-hybridized carbons (Fsp3) is 0.857. The van der Waals surface area contributed by atoms with Crippen LogP contribution in [0.15, 0.2) is 0 Å². The van der Waals surface area contributed by atoms with Crippen LogP contribution in [0.1, 0.15) is 84.0 Å². The van der Waals surface area contributed by atoms with Crippen LogP contribution in [-0.2, 0) is 4.79 Å². The van der Waals surface area contributed by atoms with E-state index in [9.17, 15) is 20.1 Å². The van der Waals surface area contributed by atoms with E-state index in [1.165, 1.54) is 0 Å². The lowest BCUT2D eigenvalue weighted by Gasteiger charge is -2.19. The van der Waals surface area contributed by atoms with Crippen LogP contribution >= 0.6 is 0 Å². The van der Waals surface area contributed by atoms with Gasteiger partial charge in [0.1, 0.15) is 6.10 Å². The van der Waals surface area contributed by atoms with Gasteiger partial charge < -0.3 is 20.4 Å². The molecule has 0 saturated heterocycles. The molecule has 1 fully saturated rings. The van der Waals surface area contributed by atoms with E-state index in [1.807, 2.05) is 0 Å². The number of aliphatic hydroxyl groups excluding tert-OH is 3. The van der Waals surface area contributed by atoms with Crippen molar-refractivity contribution in [1.29, 1.82) is 0 Å². The zero-order valence-electron chi connectivity index (χ0n) is 16.1. The van der Waals surface area contributed by atoms with Gasteiger partial charge in [-0.2, -0.15) is 0 Å². The molecule has 5 heteroatoms. The van der Waals surface area contributed by atoms with Crippen LogP contribution in [0.4, 0.5) is 0 Å². The summed E-state index contributed by atoms with van der Waals surface area (Å²) < 4.78 is 0. The largest absolute Gasteiger partial charge is 0.481 e. The molecule has 1 aliphatic carbocycles. The van der Waals surface area contributed by atoms with Crippen LogP contribution in [0.3, 0.4) is 0 Å². The van der Waals surface area contributed by atoms with Gasteiger partial charge in [-0.15, -0.1) is 0 Å². The Morgan fingerprint density at radius 1 is 1.04 bits per heavy atom. The van der Waals surface area contributed by atoms with Gasteiger partial charge in [-0.25, -0.2) is 0 Å². The van der Waals surface area contributed by atoms with Gasteiger partial charge >= 0.3 is 5.97 Å². The first kappa shape index (κ1) is 23.0. The minimum absolute atomic E-state index is 0.0423. The fourth-order valence-corrected chi connectivity index (χ4v) is 3.71. The SMILES string of the molecule is CCCCC[C@H](O)C#C[C@@H]1[C@@H](CCCCCCCC(=O)O)[C@@H](O)C[C@H]1O. The second-order valence-corrected chi connectivity index (χ2v) is 7.56. The van der Waals surface area contributed by atoms with E-state index in [1.54, 1.807) is 0 Å². The van der Waals surface area contributed by atoms with E-state index in [0.29, 0.717) is 19.3 Å². The van der Waals surface area contributed by atoms with E-state index in [0.717, 1.165) is 51.4 Å². The highest BCUT2D eigenvalue weighted by Gasteiger charge is 2.40. The van der Waals surface area contributed by atoms with Crippen LogP contribution in [0.2, 0.25) is 0 Å². The van der Waals surface area contributed by atoms with Crippen LogP contribution in [0, 0.1) is 23.7 Å². The summed E-state index contributed by atoms with van der Waals surface area (Å²) in [5.74, 6) is 4.86. The van der Waals surface area contributed by atoms with E-state index >= 15 is 0 Å². The average molecular weight is 369 g/mol. The lowest BCUT2D eigenvalue weighted by Crippen LogP contribution is -2.21. The molecule has 4 N–H and O–H groups in total. The number of hydrogen-bond donors (Lipinski definition) is 4. The molecule has 5 nitrogen and oxygen atoms in total. The Kier molecular flexibility index (Phi) is 11.6. The molecule has 26 heavy (non-hydrogen) atoms. The Balaban J connectivity index is 2.36. The Labute approximate surface area is 157 Å². The van der Waals surface area contributed by atoms with Crippen LogP contribution < -0.4 is 0 Å². The van der Waals surface area contributed by atoms with Gasteiger partial charge in [0.15, 0.2) is 0 Å². The lowest BCUT2D eigenvalue weighted by molar-refractivity contribution is -0.137. The number of carboxylic acid groups (broad SMARTS) is 1. The summed E-state index contributed by atoms with van der Waals surface area (Å²) in [7, 11) is 0. The maximum atomic E-state index is 10.5. The van der Waals surface area contributed by atoms with Gasteiger partial charge in [0, 0.05) is 18.8 Å². The van der Waals surface area contributed by atoms with Crippen molar-refractivity contribution in [1.82, 2.24) is 0 Å². The minimum Gasteiger partial charge on any atom is -0.481 e. The molecule has 0 heterocycles. The molecule has 1 aliphatic rings. The molecule has 0 amide bonds. The number of unbranched alkanes of at least 4 members (excludes halogenated alkanes) is 6. The molecule has 0 aromatic rings. The molecule has 1 saturated carbocycles. The topological polar surface area (TPSA) is 98.0 Å². The van der Waals surface area contributed by atoms with Crippen molar-refractivity contribution in [2.75, 3.05) is 0 Å². The molecule has 0 bridgehead atoms. The molecule has 150 valence electrons. The Hall–Kier alpha value is -1.09. The van der Waals surface area contributed by atoms with Crippen molar-refractivity contribution >= 4 is 5.97 Å².